The quantitative estimate of drug-likeness (QED) is 0.769. The van der Waals surface area contributed by atoms with E-state index in [0.29, 0.717) is 18.7 Å². The van der Waals surface area contributed by atoms with Crippen molar-refractivity contribution in [1.29, 1.82) is 0 Å². The second-order valence-electron chi connectivity index (χ2n) is 4.87. The van der Waals surface area contributed by atoms with E-state index in [1.807, 2.05) is 0 Å². The van der Waals surface area contributed by atoms with Crippen LogP contribution in [0.3, 0.4) is 0 Å². The number of hydrogen-bond acceptors (Lipinski definition) is 4. The normalized spacial score (nSPS) is 11.3. The lowest BCUT2D eigenvalue weighted by molar-refractivity contribution is 0.0792. The first-order valence-corrected chi connectivity index (χ1v) is 8.51. The maximum absolute atomic E-state index is 12.1. The molecule has 0 heterocycles. The Kier molecular flexibility index (Phi) is 6.16. The Hall–Kier alpha value is -1.40. The summed E-state index contributed by atoms with van der Waals surface area (Å²) < 4.78 is 22.7. The first-order chi connectivity index (χ1) is 9.36. The van der Waals surface area contributed by atoms with Crippen LogP contribution in [0.25, 0.3) is 0 Å². The molecule has 6 heteroatoms. The molecule has 0 aliphatic carbocycles. The Balaban J connectivity index is 2.63. The summed E-state index contributed by atoms with van der Waals surface area (Å²) in [6.07, 6.45) is 4.03. The van der Waals surface area contributed by atoms with Crippen LogP contribution in [0.5, 0.6) is 0 Å². The van der Waals surface area contributed by atoms with Gasteiger partial charge in [-0.1, -0.05) is 6.42 Å². The molecular weight excluding hydrogens is 276 g/mol. The van der Waals surface area contributed by atoms with E-state index in [0.717, 1.165) is 25.5 Å². The molecule has 20 heavy (non-hydrogen) atoms. The molecule has 2 N–H and O–H groups in total. The van der Waals surface area contributed by atoms with Crippen LogP contribution < -0.4 is 5.73 Å². The van der Waals surface area contributed by atoms with Crippen molar-refractivity contribution in [2.75, 3.05) is 26.4 Å². The summed E-state index contributed by atoms with van der Waals surface area (Å²) in [6, 6.07) is 6.03. The zero-order valence-electron chi connectivity index (χ0n) is 12.0. The second kappa shape index (κ2) is 7.40. The van der Waals surface area contributed by atoms with Gasteiger partial charge in [0.25, 0.3) is 5.91 Å². The number of rotatable bonds is 7. The van der Waals surface area contributed by atoms with Gasteiger partial charge in [0.2, 0.25) is 0 Å². The highest BCUT2D eigenvalue weighted by Crippen LogP contribution is 2.12. The third kappa shape index (κ3) is 4.94. The van der Waals surface area contributed by atoms with Crippen LogP contribution in [-0.4, -0.2) is 45.6 Å². The van der Waals surface area contributed by atoms with Crippen molar-refractivity contribution < 1.29 is 13.2 Å². The van der Waals surface area contributed by atoms with E-state index in [4.69, 9.17) is 5.73 Å². The molecule has 0 fully saturated rings. The van der Waals surface area contributed by atoms with Crippen LogP contribution in [0.4, 0.5) is 0 Å². The Bertz CT molecular complexity index is 538. The lowest BCUT2D eigenvalue weighted by Gasteiger charge is -2.17. The van der Waals surface area contributed by atoms with Crippen LogP contribution in [-0.2, 0) is 9.84 Å². The van der Waals surface area contributed by atoms with E-state index < -0.39 is 9.84 Å². The number of amides is 1. The van der Waals surface area contributed by atoms with Crippen molar-refractivity contribution in [3.63, 3.8) is 0 Å². The monoisotopic (exact) mass is 298 g/mol. The highest BCUT2D eigenvalue weighted by molar-refractivity contribution is 7.90. The van der Waals surface area contributed by atoms with Gasteiger partial charge in [-0.15, -0.1) is 0 Å². The van der Waals surface area contributed by atoms with Gasteiger partial charge in [0, 0.05) is 25.4 Å². The van der Waals surface area contributed by atoms with Gasteiger partial charge in [-0.2, -0.15) is 0 Å². The molecule has 1 amide bonds. The predicted octanol–water partition coefficient (Wildman–Crippen LogP) is 1.29. The van der Waals surface area contributed by atoms with E-state index >= 15 is 0 Å². The number of unbranched alkanes of at least 4 members (excludes halogenated alkanes) is 2. The molecule has 0 aliphatic rings. The lowest BCUT2D eigenvalue weighted by Crippen LogP contribution is -2.27. The molecule has 0 unspecified atom stereocenters. The van der Waals surface area contributed by atoms with Crippen LogP contribution >= 0.6 is 0 Å². The van der Waals surface area contributed by atoms with Crippen molar-refractivity contribution in [3.05, 3.63) is 29.8 Å². The maximum atomic E-state index is 12.1. The van der Waals surface area contributed by atoms with Crippen molar-refractivity contribution in [2.45, 2.75) is 24.2 Å². The predicted molar refractivity (Wildman–Crippen MR) is 79.4 cm³/mol. The van der Waals surface area contributed by atoms with E-state index in [2.05, 4.69) is 0 Å². The Morgan fingerprint density at radius 1 is 1.15 bits per heavy atom. The minimum Gasteiger partial charge on any atom is -0.342 e. The van der Waals surface area contributed by atoms with Crippen molar-refractivity contribution in [2.24, 2.45) is 5.73 Å². The first kappa shape index (κ1) is 16.7. The van der Waals surface area contributed by atoms with Crippen LogP contribution in [0.15, 0.2) is 29.2 Å². The fraction of sp³-hybridized carbons (Fsp3) is 0.500. The molecule has 0 aliphatic heterocycles. The number of nitrogens with zero attached hydrogens (tertiary/aromatic N) is 1. The van der Waals surface area contributed by atoms with Crippen LogP contribution in [0.2, 0.25) is 0 Å². The number of carbonyl (C=O) groups is 1. The molecule has 5 nitrogen and oxygen atoms in total. The van der Waals surface area contributed by atoms with Crippen molar-refractivity contribution in [1.82, 2.24) is 4.90 Å². The molecular formula is C14H22N2O3S. The standard InChI is InChI=1S/C14H22N2O3S/c1-16(11-5-3-4-10-15)14(17)12-6-8-13(9-7-12)20(2,18)19/h6-9H,3-5,10-11,15H2,1-2H3. The molecule has 112 valence electrons. The summed E-state index contributed by atoms with van der Waals surface area (Å²) >= 11 is 0. The molecule has 0 bridgehead atoms. The fourth-order valence-electron chi connectivity index (χ4n) is 1.84. The van der Waals surface area contributed by atoms with E-state index in [-0.39, 0.29) is 10.8 Å². The van der Waals surface area contributed by atoms with Gasteiger partial charge in [-0.25, -0.2) is 8.42 Å². The molecule has 0 saturated carbocycles. The molecule has 0 saturated heterocycles. The molecule has 0 atom stereocenters. The van der Waals surface area contributed by atoms with Gasteiger partial charge in [0.05, 0.1) is 4.90 Å². The van der Waals surface area contributed by atoms with Crippen LogP contribution in [0, 0.1) is 0 Å². The molecule has 1 aromatic rings. The number of carbonyl (C=O) groups excluding carboxylic acids is 1. The molecule has 0 radical (unpaired) electrons. The Labute approximate surface area is 120 Å². The van der Waals surface area contributed by atoms with Gasteiger partial charge in [-0.05, 0) is 43.7 Å². The maximum Gasteiger partial charge on any atom is 0.253 e. The third-order valence-corrected chi connectivity index (χ3v) is 4.20. The first-order valence-electron chi connectivity index (χ1n) is 6.62. The fourth-order valence-corrected chi connectivity index (χ4v) is 2.47. The molecule has 0 spiro atoms. The van der Waals surface area contributed by atoms with E-state index in [9.17, 15) is 13.2 Å². The summed E-state index contributed by atoms with van der Waals surface area (Å²) in [5.74, 6) is -0.0993. The summed E-state index contributed by atoms with van der Waals surface area (Å²) in [5, 5.41) is 0. The zero-order chi connectivity index (χ0) is 15.2. The number of benzene rings is 1. The Morgan fingerprint density at radius 2 is 1.75 bits per heavy atom. The zero-order valence-corrected chi connectivity index (χ0v) is 12.8. The topological polar surface area (TPSA) is 80.5 Å². The van der Waals surface area contributed by atoms with Crippen molar-refractivity contribution >= 4 is 15.7 Å². The summed E-state index contributed by atoms with van der Waals surface area (Å²) in [5.41, 5.74) is 5.91. The number of hydrogen-bond donors (Lipinski definition) is 1. The average molecular weight is 298 g/mol. The lowest BCUT2D eigenvalue weighted by atomic mass is 10.2. The average Bonchev–Trinajstić information content (AvgIpc) is 2.41. The minimum absolute atomic E-state index is 0.0993. The molecule has 1 aromatic carbocycles. The van der Waals surface area contributed by atoms with Crippen molar-refractivity contribution in [3.8, 4) is 0 Å². The summed E-state index contributed by atoms with van der Waals surface area (Å²) in [7, 11) is -1.48. The number of sulfone groups is 1. The highest BCUT2D eigenvalue weighted by atomic mass is 32.2. The largest absolute Gasteiger partial charge is 0.342 e. The number of nitrogens with two attached hydrogens (primary N) is 1. The SMILES string of the molecule is CN(CCCCCN)C(=O)c1ccc(S(C)(=O)=O)cc1. The van der Waals surface area contributed by atoms with Gasteiger partial charge in [0.15, 0.2) is 9.84 Å². The van der Waals surface area contributed by atoms with Gasteiger partial charge < -0.3 is 10.6 Å². The van der Waals surface area contributed by atoms with Gasteiger partial charge >= 0.3 is 0 Å². The Morgan fingerprint density at radius 3 is 2.25 bits per heavy atom. The van der Waals surface area contributed by atoms with Gasteiger partial charge in [0.1, 0.15) is 0 Å². The van der Waals surface area contributed by atoms with Crippen LogP contribution in [0.1, 0.15) is 29.6 Å². The highest BCUT2D eigenvalue weighted by Gasteiger charge is 2.13. The summed E-state index contributed by atoms with van der Waals surface area (Å²) in [6.45, 7) is 1.34. The molecule has 1 rings (SSSR count). The molecule has 0 aromatic heterocycles. The van der Waals surface area contributed by atoms with E-state index in [1.54, 1.807) is 24.1 Å². The van der Waals surface area contributed by atoms with E-state index in [1.165, 1.54) is 12.1 Å². The third-order valence-electron chi connectivity index (χ3n) is 3.07. The van der Waals surface area contributed by atoms with Gasteiger partial charge in [-0.3, -0.25) is 4.79 Å². The minimum atomic E-state index is -3.22. The summed E-state index contributed by atoms with van der Waals surface area (Å²) in [4.78, 5) is 14.0. The second-order valence-corrected chi connectivity index (χ2v) is 6.89. The smallest absolute Gasteiger partial charge is 0.253 e.